The molecule has 1 aromatic carbocycles. The number of aliphatic hydroxyl groups is 1. The lowest BCUT2D eigenvalue weighted by molar-refractivity contribution is -0.403. The molecule has 0 saturated carbocycles. The van der Waals surface area contributed by atoms with Gasteiger partial charge in [0.1, 0.15) is 0 Å². The molecule has 10 heteroatoms. The molecule has 2 aromatic rings. The summed E-state index contributed by atoms with van der Waals surface area (Å²) in [5, 5.41) is 19.4. The summed E-state index contributed by atoms with van der Waals surface area (Å²) in [4.78, 5) is 5.76. The number of halogens is 6. The third kappa shape index (κ3) is 4.39. The molecule has 34 heavy (non-hydrogen) atoms. The summed E-state index contributed by atoms with van der Waals surface area (Å²) in [5.41, 5.74) is -7.09. The van der Waals surface area contributed by atoms with E-state index in [2.05, 4.69) is 4.98 Å². The number of nitriles is 1. The maximum absolute atomic E-state index is 14.0. The van der Waals surface area contributed by atoms with Gasteiger partial charge in [0.2, 0.25) is 0 Å². The lowest BCUT2D eigenvalue weighted by atomic mass is 9.66. The van der Waals surface area contributed by atoms with E-state index < -0.39 is 48.3 Å². The number of hydrogen-bond acceptors (Lipinski definition) is 4. The zero-order valence-electron chi connectivity index (χ0n) is 18.7. The van der Waals surface area contributed by atoms with Crippen molar-refractivity contribution in [3.8, 4) is 6.07 Å². The second-order valence-corrected chi connectivity index (χ2v) is 9.24. The largest absolute Gasteiger partial charge is 0.426 e. The van der Waals surface area contributed by atoms with Crippen molar-refractivity contribution in [3.05, 3.63) is 65.5 Å². The van der Waals surface area contributed by atoms with Gasteiger partial charge in [0.05, 0.1) is 22.9 Å². The van der Waals surface area contributed by atoms with Gasteiger partial charge in [-0.2, -0.15) is 31.6 Å². The minimum absolute atomic E-state index is 0.0780. The van der Waals surface area contributed by atoms with Gasteiger partial charge in [0.25, 0.3) is 5.60 Å². The number of hydrogen-bond donors (Lipinski definition) is 1. The minimum atomic E-state index is -5.93. The van der Waals surface area contributed by atoms with E-state index in [1.54, 1.807) is 32.0 Å². The quantitative estimate of drug-likeness (QED) is 0.559. The summed E-state index contributed by atoms with van der Waals surface area (Å²) >= 11 is 0. The van der Waals surface area contributed by atoms with Gasteiger partial charge in [0.15, 0.2) is 0 Å². The Morgan fingerprint density at radius 3 is 2.15 bits per heavy atom. The van der Waals surface area contributed by atoms with E-state index in [-0.39, 0.29) is 13.0 Å². The van der Waals surface area contributed by atoms with E-state index in [0.29, 0.717) is 16.8 Å². The first-order valence-corrected chi connectivity index (χ1v) is 10.7. The van der Waals surface area contributed by atoms with Crippen LogP contribution < -0.4 is 0 Å². The lowest BCUT2D eigenvalue weighted by Crippen LogP contribution is -2.68. The van der Waals surface area contributed by atoms with Gasteiger partial charge >= 0.3 is 12.4 Å². The fourth-order valence-corrected chi connectivity index (χ4v) is 4.81. The number of rotatable bonds is 6. The molecule has 4 nitrogen and oxygen atoms in total. The van der Waals surface area contributed by atoms with E-state index in [1.165, 1.54) is 35.4 Å². The second-order valence-electron chi connectivity index (χ2n) is 9.24. The molecular formula is C24H25F6N3O. The molecule has 0 radical (unpaired) electrons. The highest BCUT2D eigenvalue weighted by Gasteiger charge is 2.79. The Kier molecular flexibility index (Phi) is 6.77. The standard InChI is InChI=1S/C24H25F6N3O/c1-20(2,19-5-3-4-13-32-19)33-14-12-21(16-33,22(34,23(25,26)27)24(28,29)30)11-10-17-6-8-18(15-31)9-7-17/h3-9,13,34H,10-12,14,16H2,1-2H3/t21-/m1/s1. The predicted molar refractivity (Wildman–Crippen MR) is 112 cm³/mol. The van der Waals surface area contributed by atoms with Gasteiger partial charge in [0, 0.05) is 18.2 Å². The van der Waals surface area contributed by atoms with Crippen molar-refractivity contribution in [1.82, 2.24) is 9.88 Å². The van der Waals surface area contributed by atoms with Crippen LogP contribution in [0.4, 0.5) is 26.3 Å². The van der Waals surface area contributed by atoms with Gasteiger partial charge in [-0.05, 0) is 69.5 Å². The van der Waals surface area contributed by atoms with Crippen LogP contribution in [0.5, 0.6) is 0 Å². The Morgan fingerprint density at radius 1 is 1.03 bits per heavy atom. The van der Waals surface area contributed by atoms with Gasteiger partial charge < -0.3 is 5.11 Å². The fourth-order valence-electron chi connectivity index (χ4n) is 4.81. The van der Waals surface area contributed by atoms with Crippen LogP contribution in [0.3, 0.4) is 0 Å². The Balaban J connectivity index is 2.03. The molecule has 1 N–H and O–H groups in total. The van der Waals surface area contributed by atoms with Crippen molar-refractivity contribution in [2.45, 2.75) is 56.6 Å². The average molecular weight is 485 g/mol. The van der Waals surface area contributed by atoms with Crippen LogP contribution in [0.25, 0.3) is 0 Å². The van der Waals surface area contributed by atoms with E-state index in [9.17, 15) is 31.4 Å². The molecule has 1 aliphatic rings. The molecule has 0 aliphatic carbocycles. The van der Waals surface area contributed by atoms with Crippen molar-refractivity contribution in [2.75, 3.05) is 13.1 Å². The average Bonchev–Trinajstić information content (AvgIpc) is 3.23. The summed E-state index contributed by atoms with van der Waals surface area (Å²) in [6.07, 6.45) is -11.5. The Morgan fingerprint density at radius 2 is 1.65 bits per heavy atom. The summed E-state index contributed by atoms with van der Waals surface area (Å²) in [6, 6.07) is 12.8. The second kappa shape index (κ2) is 8.86. The number of aryl methyl sites for hydroxylation is 1. The molecule has 0 amide bonds. The number of alkyl halides is 6. The molecule has 1 saturated heterocycles. The molecule has 0 unspecified atom stereocenters. The Hall–Kier alpha value is -2.64. The molecule has 0 bridgehead atoms. The van der Waals surface area contributed by atoms with E-state index >= 15 is 0 Å². The van der Waals surface area contributed by atoms with Crippen molar-refractivity contribution < 1.29 is 31.4 Å². The SMILES string of the molecule is CC(C)(c1ccccn1)N1CC[C@@](CCc2ccc(C#N)cc2)(C(O)(C(F)(F)F)C(F)(F)F)C1. The van der Waals surface area contributed by atoms with Gasteiger partial charge in [-0.15, -0.1) is 0 Å². The van der Waals surface area contributed by atoms with Gasteiger partial charge in [-0.25, -0.2) is 0 Å². The van der Waals surface area contributed by atoms with Crippen LogP contribution in [0.1, 0.15) is 43.5 Å². The zero-order chi connectivity index (χ0) is 25.4. The van der Waals surface area contributed by atoms with E-state index in [1.807, 2.05) is 6.07 Å². The van der Waals surface area contributed by atoms with Gasteiger partial charge in [-0.1, -0.05) is 18.2 Å². The van der Waals surface area contributed by atoms with Crippen LogP contribution in [-0.2, 0) is 12.0 Å². The Bertz CT molecular complexity index is 1010. The van der Waals surface area contributed by atoms with E-state index in [0.717, 1.165) is 0 Å². The number of benzene rings is 1. The van der Waals surface area contributed by atoms with Crippen LogP contribution in [-0.4, -0.2) is 46.0 Å². The maximum Gasteiger partial charge on any atom is 0.426 e. The molecule has 1 aromatic heterocycles. The third-order valence-electron chi connectivity index (χ3n) is 7.00. The lowest BCUT2D eigenvalue weighted by Gasteiger charge is -2.47. The summed E-state index contributed by atoms with van der Waals surface area (Å²) in [7, 11) is 0. The molecule has 184 valence electrons. The summed E-state index contributed by atoms with van der Waals surface area (Å²) in [6.45, 7) is 2.67. The van der Waals surface area contributed by atoms with Crippen LogP contribution in [0.2, 0.25) is 0 Å². The van der Waals surface area contributed by atoms with Crippen molar-refractivity contribution in [1.29, 1.82) is 5.26 Å². The fraction of sp³-hybridized carbons (Fsp3) is 0.500. The summed E-state index contributed by atoms with van der Waals surface area (Å²) < 4.78 is 84.2. The van der Waals surface area contributed by atoms with Crippen LogP contribution in [0.15, 0.2) is 48.7 Å². The van der Waals surface area contributed by atoms with E-state index in [4.69, 9.17) is 5.26 Å². The summed E-state index contributed by atoms with van der Waals surface area (Å²) in [5.74, 6) is 0. The monoisotopic (exact) mass is 485 g/mol. The number of nitrogens with zero attached hydrogens (tertiary/aromatic N) is 3. The number of likely N-dealkylation sites (tertiary alicyclic amines) is 1. The maximum atomic E-state index is 14.0. The molecule has 3 rings (SSSR count). The topological polar surface area (TPSA) is 60.2 Å². The predicted octanol–water partition coefficient (Wildman–Crippen LogP) is 5.37. The van der Waals surface area contributed by atoms with Crippen molar-refractivity contribution in [3.63, 3.8) is 0 Å². The van der Waals surface area contributed by atoms with Crippen LogP contribution in [0, 0.1) is 16.7 Å². The first kappa shape index (κ1) is 26.0. The molecular weight excluding hydrogens is 460 g/mol. The third-order valence-corrected chi connectivity index (χ3v) is 7.00. The van der Waals surface area contributed by atoms with Crippen molar-refractivity contribution in [2.24, 2.45) is 5.41 Å². The molecule has 1 fully saturated rings. The first-order chi connectivity index (χ1) is 15.7. The number of pyridine rings is 1. The normalized spacial score (nSPS) is 20.4. The molecule has 2 heterocycles. The molecule has 1 atom stereocenters. The first-order valence-electron chi connectivity index (χ1n) is 10.7. The highest BCUT2D eigenvalue weighted by Crippen LogP contribution is 2.59. The smallest absolute Gasteiger partial charge is 0.373 e. The van der Waals surface area contributed by atoms with Crippen molar-refractivity contribution >= 4 is 0 Å². The molecule has 1 aliphatic heterocycles. The minimum Gasteiger partial charge on any atom is -0.373 e. The zero-order valence-corrected chi connectivity index (χ0v) is 18.7. The highest BCUT2D eigenvalue weighted by molar-refractivity contribution is 5.32. The van der Waals surface area contributed by atoms with Gasteiger partial charge in [-0.3, -0.25) is 9.88 Å². The Labute approximate surface area is 193 Å². The molecule has 0 spiro atoms. The highest BCUT2D eigenvalue weighted by atomic mass is 19.4. The number of aromatic nitrogens is 1. The van der Waals surface area contributed by atoms with Crippen LogP contribution >= 0.6 is 0 Å².